The monoisotopic (exact) mass is 538 g/mol. The molecule has 0 aromatic heterocycles. The number of hydrogen-bond donors (Lipinski definition) is 0. The molecule has 0 nitrogen and oxygen atoms in total. The quantitative estimate of drug-likeness (QED) is 0.152. The summed E-state index contributed by atoms with van der Waals surface area (Å²) in [6.07, 6.45) is 40.4. The topological polar surface area (TPSA) is 0 Å². The zero-order chi connectivity index (χ0) is 30.0. The van der Waals surface area contributed by atoms with Gasteiger partial charge in [0.05, 0.1) is 0 Å². The molecule has 1 rings (SSSR count). The van der Waals surface area contributed by atoms with Gasteiger partial charge in [0.1, 0.15) is 0 Å². The van der Waals surface area contributed by atoms with Gasteiger partial charge in [0, 0.05) is 0 Å². The van der Waals surface area contributed by atoms with Crippen LogP contribution in [0.25, 0.3) is 0 Å². The van der Waals surface area contributed by atoms with Crippen molar-refractivity contribution in [3.63, 3.8) is 0 Å². The van der Waals surface area contributed by atoms with E-state index in [0.717, 1.165) is 19.3 Å². The van der Waals surface area contributed by atoms with Crippen LogP contribution in [0.1, 0.15) is 108 Å². The molecule has 0 aromatic rings. The molecule has 40 heavy (non-hydrogen) atoms. The fourth-order valence-electron chi connectivity index (χ4n) is 4.77. The number of rotatable bonds is 14. The maximum Gasteiger partial charge on any atom is -0.0104 e. The van der Waals surface area contributed by atoms with E-state index in [1.165, 1.54) is 52.7 Å². The second-order valence-corrected chi connectivity index (χ2v) is 12.6. The van der Waals surface area contributed by atoms with Crippen LogP contribution in [0.5, 0.6) is 0 Å². The largest absolute Gasteiger partial charge is 0.0856 e. The Balaban J connectivity index is 2.50. The van der Waals surface area contributed by atoms with Crippen molar-refractivity contribution >= 4 is 0 Å². The van der Waals surface area contributed by atoms with Crippen molar-refractivity contribution < 1.29 is 0 Å². The molecule has 0 amide bonds. The van der Waals surface area contributed by atoms with E-state index in [-0.39, 0.29) is 0 Å². The smallest absolute Gasteiger partial charge is 0.0104 e. The van der Waals surface area contributed by atoms with E-state index in [4.69, 9.17) is 0 Å². The van der Waals surface area contributed by atoms with Gasteiger partial charge in [-0.1, -0.05) is 145 Å². The van der Waals surface area contributed by atoms with Gasteiger partial charge in [0.15, 0.2) is 0 Å². The van der Waals surface area contributed by atoms with Crippen LogP contribution >= 0.6 is 0 Å². The van der Waals surface area contributed by atoms with Crippen LogP contribution in [0.3, 0.4) is 0 Å². The molecule has 1 atom stereocenters. The van der Waals surface area contributed by atoms with Gasteiger partial charge in [-0.2, -0.15) is 0 Å². The first-order valence-electron chi connectivity index (χ1n) is 15.3. The summed E-state index contributed by atoms with van der Waals surface area (Å²) in [7, 11) is 0. The molecule has 0 aromatic carbocycles. The predicted molar refractivity (Wildman–Crippen MR) is 184 cm³/mol. The zero-order valence-corrected chi connectivity index (χ0v) is 27.5. The molecule has 0 fully saturated rings. The standard InChI is InChI=1S/C40H58/c1-32(2)18-13-21-35(5)24-15-26-36(6)25-14-22-33(3)19-11-12-20-34(4)23-16-27-37(7)29-30-39-38(8)28-17-31-40(39,9)10/h11-12,14-16,18-19,22-27,29-30,34H,13,17,20-21,28,31H2,1-10H3/b12-11-,22-14+,23-16+,26-15-,30-29+,33-19+,35-24-,36-25+,37-27-. The lowest BCUT2D eigenvalue weighted by Gasteiger charge is -2.32. The van der Waals surface area contributed by atoms with Gasteiger partial charge in [-0.05, 0) is 104 Å². The van der Waals surface area contributed by atoms with E-state index in [9.17, 15) is 0 Å². The Morgan fingerprint density at radius 2 is 1.40 bits per heavy atom. The normalized spacial score (nSPS) is 18.9. The fraction of sp³-hybridized carbons (Fsp3) is 0.450. The Labute approximate surface area is 248 Å². The lowest BCUT2D eigenvalue weighted by Crippen LogP contribution is -2.19. The molecule has 0 bridgehead atoms. The summed E-state index contributed by atoms with van der Waals surface area (Å²) in [5.74, 6) is 0.512. The maximum atomic E-state index is 2.38. The SMILES string of the molecule is CC(C)=CCC\C(C)=C/C=C\C(C)=C\C=C\C(C)=C\C=C/CC(C)/C=C/C=C(C)\C=C\C1=C(C)CCCC1(C)C. The average molecular weight is 539 g/mol. The first-order chi connectivity index (χ1) is 18.9. The first kappa shape index (κ1) is 35.2. The van der Waals surface area contributed by atoms with Gasteiger partial charge >= 0.3 is 0 Å². The molecule has 0 N–H and O–H groups in total. The molecule has 1 unspecified atom stereocenters. The predicted octanol–water partition coefficient (Wildman–Crippen LogP) is 12.9. The minimum absolute atomic E-state index is 0.299. The van der Waals surface area contributed by atoms with E-state index in [1.54, 1.807) is 5.57 Å². The molecule has 1 aliphatic rings. The summed E-state index contributed by atoms with van der Waals surface area (Å²) in [4.78, 5) is 0. The van der Waals surface area contributed by atoms with Crippen molar-refractivity contribution in [2.24, 2.45) is 11.3 Å². The summed E-state index contributed by atoms with van der Waals surface area (Å²) in [5.41, 5.74) is 9.99. The van der Waals surface area contributed by atoms with Gasteiger partial charge in [0.2, 0.25) is 0 Å². The van der Waals surface area contributed by atoms with E-state index < -0.39 is 0 Å². The molecule has 0 saturated heterocycles. The summed E-state index contributed by atoms with van der Waals surface area (Å²) in [5, 5.41) is 0. The Morgan fingerprint density at radius 3 is 2.05 bits per heavy atom. The third-order valence-electron chi connectivity index (χ3n) is 7.41. The molecule has 0 aliphatic heterocycles. The number of hydrogen-bond acceptors (Lipinski definition) is 0. The second kappa shape index (κ2) is 19.3. The molecule has 1 aliphatic carbocycles. The van der Waals surface area contributed by atoms with Crippen molar-refractivity contribution in [3.05, 3.63) is 130 Å². The van der Waals surface area contributed by atoms with Crippen LogP contribution in [-0.2, 0) is 0 Å². The third kappa shape index (κ3) is 16.3. The van der Waals surface area contributed by atoms with E-state index in [0.29, 0.717) is 11.3 Å². The summed E-state index contributed by atoms with van der Waals surface area (Å²) in [6.45, 7) is 22.3. The van der Waals surface area contributed by atoms with Gasteiger partial charge in [-0.15, -0.1) is 0 Å². The first-order valence-corrected chi connectivity index (χ1v) is 15.3. The number of allylic oxidation sites excluding steroid dienone is 22. The maximum absolute atomic E-state index is 2.38. The highest BCUT2D eigenvalue weighted by Gasteiger charge is 2.26. The molecule has 0 saturated carbocycles. The Hall–Kier alpha value is -2.86. The fourth-order valence-corrected chi connectivity index (χ4v) is 4.77. The van der Waals surface area contributed by atoms with Crippen molar-refractivity contribution in [1.29, 1.82) is 0 Å². The zero-order valence-electron chi connectivity index (χ0n) is 27.5. The molecule has 0 spiro atoms. The second-order valence-electron chi connectivity index (χ2n) is 12.6. The van der Waals surface area contributed by atoms with Crippen LogP contribution in [0.15, 0.2) is 130 Å². The van der Waals surface area contributed by atoms with E-state index in [1.807, 2.05) is 0 Å². The van der Waals surface area contributed by atoms with Crippen LogP contribution in [0.4, 0.5) is 0 Å². The highest BCUT2D eigenvalue weighted by atomic mass is 14.3. The molecule has 218 valence electrons. The third-order valence-corrected chi connectivity index (χ3v) is 7.41. The lowest BCUT2D eigenvalue weighted by molar-refractivity contribution is 0.377. The lowest BCUT2D eigenvalue weighted by atomic mass is 9.72. The van der Waals surface area contributed by atoms with E-state index >= 15 is 0 Å². The molecule has 0 heterocycles. The minimum Gasteiger partial charge on any atom is -0.0856 e. The Kier molecular flexibility index (Phi) is 16.9. The Morgan fingerprint density at radius 1 is 0.800 bits per heavy atom. The van der Waals surface area contributed by atoms with Crippen molar-refractivity contribution in [3.8, 4) is 0 Å². The molecule has 0 heteroatoms. The van der Waals surface area contributed by atoms with Gasteiger partial charge in [-0.3, -0.25) is 0 Å². The van der Waals surface area contributed by atoms with Gasteiger partial charge < -0.3 is 0 Å². The van der Waals surface area contributed by atoms with Gasteiger partial charge in [-0.25, -0.2) is 0 Å². The molecular weight excluding hydrogens is 480 g/mol. The van der Waals surface area contributed by atoms with Crippen LogP contribution in [0, 0.1) is 11.3 Å². The summed E-state index contributed by atoms with van der Waals surface area (Å²) in [6, 6.07) is 0. The van der Waals surface area contributed by atoms with Crippen molar-refractivity contribution in [2.75, 3.05) is 0 Å². The summed E-state index contributed by atoms with van der Waals surface area (Å²) >= 11 is 0. The highest BCUT2D eigenvalue weighted by Crippen LogP contribution is 2.40. The van der Waals surface area contributed by atoms with Gasteiger partial charge in [0.25, 0.3) is 0 Å². The van der Waals surface area contributed by atoms with Crippen LogP contribution in [-0.4, -0.2) is 0 Å². The Bertz CT molecular complexity index is 1120. The van der Waals surface area contributed by atoms with Crippen molar-refractivity contribution in [2.45, 2.75) is 108 Å². The molecular formula is C40H58. The van der Waals surface area contributed by atoms with Crippen molar-refractivity contribution in [1.82, 2.24) is 0 Å². The van der Waals surface area contributed by atoms with Crippen LogP contribution in [0.2, 0.25) is 0 Å². The minimum atomic E-state index is 0.299. The van der Waals surface area contributed by atoms with E-state index in [2.05, 4.69) is 160 Å². The molecule has 0 radical (unpaired) electrons. The average Bonchev–Trinajstić information content (AvgIpc) is 2.85. The van der Waals surface area contributed by atoms with Crippen LogP contribution < -0.4 is 0 Å². The highest BCUT2D eigenvalue weighted by molar-refractivity contribution is 5.36. The summed E-state index contributed by atoms with van der Waals surface area (Å²) < 4.78 is 0.